The number of rotatable bonds is 4. The molecule has 17 heavy (non-hydrogen) atoms. The fraction of sp³-hybridized carbons (Fsp3) is 0.364. The minimum Gasteiger partial charge on any atom is -0.352 e. The third-order valence-corrected chi connectivity index (χ3v) is 3.01. The van der Waals surface area contributed by atoms with E-state index >= 15 is 0 Å². The average Bonchev–Trinajstić information content (AvgIpc) is 2.28. The second-order valence-corrected chi connectivity index (χ2v) is 5.00. The van der Waals surface area contributed by atoms with Gasteiger partial charge >= 0.3 is 0 Å². The van der Waals surface area contributed by atoms with Crippen LogP contribution in [0.5, 0.6) is 0 Å². The number of carbonyl (C=O) groups excluding carboxylic acids is 1. The van der Waals surface area contributed by atoms with Crippen LogP contribution >= 0.6 is 39.9 Å². The maximum Gasteiger partial charge on any atom is 0.252 e. The molecule has 1 amide bonds. The van der Waals surface area contributed by atoms with Crippen LogP contribution in [-0.2, 0) is 0 Å². The van der Waals surface area contributed by atoms with Crippen molar-refractivity contribution in [3.8, 4) is 0 Å². The topological polar surface area (TPSA) is 55.1 Å². The quantitative estimate of drug-likeness (QED) is 0.884. The Kier molecular flexibility index (Phi) is 7.79. The Morgan fingerprint density at radius 3 is 2.82 bits per heavy atom. The second-order valence-electron chi connectivity index (χ2n) is 3.68. The molecule has 1 rings (SSSR count). The molecule has 1 aromatic carbocycles. The Labute approximate surface area is 121 Å². The van der Waals surface area contributed by atoms with Crippen LogP contribution in [0.25, 0.3) is 0 Å². The fourth-order valence-electron chi connectivity index (χ4n) is 1.12. The van der Waals surface area contributed by atoms with Crippen LogP contribution in [-0.4, -0.2) is 19.0 Å². The highest BCUT2D eigenvalue weighted by Gasteiger charge is 2.11. The van der Waals surface area contributed by atoms with Crippen molar-refractivity contribution in [3.63, 3.8) is 0 Å². The van der Waals surface area contributed by atoms with Gasteiger partial charge < -0.3 is 11.1 Å². The van der Waals surface area contributed by atoms with Crippen molar-refractivity contribution in [3.05, 3.63) is 33.3 Å². The number of halogens is 3. The van der Waals surface area contributed by atoms with Gasteiger partial charge in [-0.3, -0.25) is 4.79 Å². The van der Waals surface area contributed by atoms with Gasteiger partial charge in [-0.15, -0.1) is 12.4 Å². The fourth-order valence-corrected chi connectivity index (χ4v) is 1.68. The van der Waals surface area contributed by atoms with E-state index in [9.17, 15) is 4.79 Å². The molecule has 3 N–H and O–H groups in total. The van der Waals surface area contributed by atoms with Crippen LogP contribution in [0.3, 0.4) is 0 Å². The SMILES string of the molecule is CC(CN)CNC(=O)c1cc(Br)ccc1Cl.Cl. The Morgan fingerprint density at radius 2 is 2.24 bits per heavy atom. The summed E-state index contributed by atoms with van der Waals surface area (Å²) in [5.74, 6) is 0.0847. The molecule has 96 valence electrons. The third-order valence-electron chi connectivity index (χ3n) is 2.19. The molecule has 0 fully saturated rings. The van der Waals surface area contributed by atoms with Crippen LogP contribution in [0.2, 0.25) is 5.02 Å². The number of amides is 1. The smallest absolute Gasteiger partial charge is 0.252 e. The van der Waals surface area contributed by atoms with E-state index < -0.39 is 0 Å². The van der Waals surface area contributed by atoms with Gasteiger partial charge in [0.25, 0.3) is 5.91 Å². The minimum atomic E-state index is -0.174. The zero-order valence-corrected chi connectivity index (χ0v) is 12.5. The molecule has 0 bridgehead atoms. The largest absolute Gasteiger partial charge is 0.352 e. The lowest BCUT2D eigenvalue weighted by Gasteiger charge is -2.11. The van der Waals surface area contributed by atoms with E-state index in [0.29, 0.717) is 23.7 Å². The van der Waals surface area contributed by atoms with Crippen LogP contribution in [0.1, 0.15) is 17.3 Å². The Hall–Kier alpha value is -0.290. The highest BCUT2D eigenvalue weighted by atomic mass is 79.9. The van der Waals surface area contributed by atoms with Crippen molar-refractivity contribution >= 4 is 45.8 Å². The maximum atomic E-state index is 11.8. The standard InChI is InChI=1S/C11H14BrClN2O.ClH/c1-7(5-14)6-15-11(16)9-4-8(12)2-3-10(9)13;/h2-4,7H,5-6,14H2,1H3,(H,15,16);1H. The van der Waals surface area contributed by atoms with Gasteiger partial charge in [-0.25, -0.2) is 0 Å². The number of nitrogens with two attached hydrogens (primary N) is 1. The Morgan fingerprint density at radius 1 is 1.59 bits per heavy atom. The average molecular weight is 342 g/mol. The lowest BCUT2D eigenvalue weighted by atomic mass is 10.1. The maximum absolute atomic E-state index is 11.8. The molecule has 0 heterocycles. The van der Waals surface area contributed by atoms with E-state index in [1.165, 1.54) is 0 Å². The minimum absolute atomic E-state index is 0. The van der Waals surface area contributed by atoms with E-state index in [0.717, 1.165) is 4.47 Å². The molecule has 0 aliphatic heterocycles. The number of nitrogens with one attached hydrogen (secondary N) is 1. The highest BCUT2D eigenvalue weighted by Crippen LogP contribution is 2.20. The summed E-state index contributed by atoms with van der Waals surface area (Å²) < 4.78 is 0.828. The molecule has 1 atom stereocenters. The number of hydrogen-bond donors (Lipinski definition) is 2. The molecule has 0 aliphatic carbocycles. The van der Waals surface area contributed by atoms with Crippen molar-refractivity contribution in [2.24, 2.45) is 11.7 Å². The first-order valence-electron chi connectivity index (χ1n) is 4.98. The van der Waals surface area contributed by atoms with Gasteiger partial charge in [0.2, 0.25) is 0 Å². The van der Waals surface area contributed by atoms with Gasteiger partial charge in [-0.2, -0.15) is 0 Å². The second kappa shape index (κ2) is 7.93. The predicted octanol–water partition coefficient (Wildman–Crippen LogP) is 2.85. The van der Waals surface area contributed by atoms with Gasteiger partial charge in [0.15, 0.2) is 0 Å². The first kappa shape index (κ1) is 16.7. The predicted molar refractivity (Wildman–Crippen MR) is 77.0 cm³/mol. The van der Waals surface area contributed by atoms with Crippen LogP contribution < -0.4 is 11.1 Å². The monoisotopic (exact) mass is 340 g/mol. The van der Waals surface area contributed by atoms with Crippen molar-refractivity contribution < 1.29 is 4.79 Å². The van der Waals surface area contributed by atoms with E-state index in [1.54, 1.807) is 18.2 Å². The van der Waals surface area contributed by atoms with Crippen LogP contribution in [0, 0.1) is 5.92 Å². The number of hydrogen-bond acceptors (Lipinski definition) is 2. The first-order valence-corrected chi connectivity index (χ1v) is 6.15. The molecular weight excluding hydrogens is 327 g/mol. The summed E-state index contributed by atoms with van der Waals surface area (Å²) in [4.78, 5) is 11.8. The molecule has 0 radical (unpaired) electrons. The molecule has 0 saturated heterocycles. The molecule has 0 saturated carbocycles. The summed E-state index contributed by atoms with van der Waals surface area (Å²) in [5.41, 5.74) is 5.94. The van der Waals surface area contributed by atoms with E-state index in [1.807, 2.05) is 6.92 Å². The summed E-state index contributed by atoms with van der Waals surface area (Å²) in [6.45, 7) is 3.08. The molecule has 0 spiro atoms. The summed E-state index contributed by atoms with van der Waals surface area (Å²) in [6.07, 6.45) is 0. The lowest BCUT2D eigenvalue weighted by Crippen LogP contribution is -2.31. The molecular formula is C11H15BrCl2N2O. The molecule has 0 aromatic heterocycles. The normalized spacial score (nSPS) is 11.5. The van der Waals surface area contributed by atoms with Gasteiger partial charge in [-0.1, -0.05) is 34.5 Å². The molecule has 3 nitrogen and oxygen atoms in total. The number of benzene rings is 1. The van der Waals surface area contributed by atoms with Crippen molar-refractivity contribution in [2.45, 2.75) is 6.92 Å². The Balaban J connectivity index is 0.00000256. The molecule has 0 aliphatic rings. The Bertz CT molecular complexity index is 388. The zero-order valence-electron chi connectivity index (χ0n) is 9.37. The van der Waals surface area contributed by atoms with Gasteiger partial charge in [-0.05, 0) is 30.7 Å². The molecule has 6 heteroatoms. The van der Waals surface area contributed by atoms with Gasteiger partial charge in [0.1, 0.15) is 0 Å². The van der Waals surface area contributed by atoms with Crippen LogP contribution in [0.4, 0.5) is 0 Å². The molecule has 1 aromatic rings. The third kappa shape index (κ3) is 5.25. The van der Waals surface area contributed by atoms with Crippen molar-refractivity contribution in [2.75, 3.05) is 13.1 Å². The summed E-state index contributed by atoms with van der Waals surface area (Å²) >= 11 is 9.23. The van der Waals surface area contributed by atoms with Gasteiger partial charge in [0, 0.05) is 11.0 Å². The van der Waals surface area contributed by atoms with E-state index in [2.05, 4.69) is 21.2 Å². The van der Waals surface area contributed by atoms with Crippen molar-refractivity contribution in [1.29, 1.82) is 0 Å². The van der Waals surface area contributed by atoms with Crippen LogP contribution in [0.15, 0.2) is 22.7 Å². The first-order chi connectivity index (χ1) is 7.54. The summed E-state index contributed by atoms with van der Waals surface area (Å²) in [6, 6.07) is 5.18. The molecule has 1 unspecified atom stereocenters. The van der Waals surface area contributed by atoms with Gasteiger partial charge in [0.05, 0.1) is 10.6 Å². The lowest BCUT2D eigenvalue weighted by molar-refractivity contribution is 0.0948. The summed E-state index contributed by atoms with van der Waals surface area (Å²) in [7, 11) is 0. The van der Waals surface area contributed by atoms with E-state index in [4.69, 9.17) is 17.3 Å². The van der Waals surface area contributed by atoms with E-state index in [-0.39, 0.29) is 24.2 Å². The zero-order chi connectivity index (χ0) is 12.1. The summed E-state index contributed by atoms with van der Waals surface area (Å²) in [5, 5.41) is 3.24. The number of carbonyl (C=O) groups is 1. The van der Waals surface area contributed by atoms with Crippen molar-refractivity contribution in [1.82, 2.24) is 5.32 Å². The highest BCUT2D eigenvalue weighted by molar-refractivity contribution is 9.10.